The number of non-ortho nitro benzene ring substituents is 1. The van der Waals surface area contributed by atoms with Gasteiger partial charge in [-0.15, -0.1) is 0 Å². The van der Waals surface area contributed by atoms with E-state index in [9.17, 15) is 19.7 Å². The van der Waals surface area contributed by atoms with E-state index >= 15 is 0 Å². The number of nitro benzene ring substituents is 1. The van der Waals surface area contributed by atoms with Gasteiger partial charge in [0.25, 0.3) is 17.5 Å². The summed E-state index contributed by atoms with van der Waals surface area (Å²) in [6, 6.07) is 9.81. The highest BCUT2D eigenvalue weighted by Crippen LogP contribution is 2.27. The smallest absolute Gasteiger partial charge is 0.269 e. The molecule has 0 unspecified atom stereocenters. The highest BCUT2D eigenvalue weighted by Gasteiger charge is 2.19. The fraction of sp³-hybridized carbons (Fsp3) is 0.118. The van der Waals surface area contributed by atoms with Crippen LogP contribution < -0.4 is 25.6 Å². The number of hydrazine groups is 1. The predicted octanol–water partition coefficient (Wildman–Crippen LogP) is 1.56. The number of nitrogens with zero attached hydrogens (tertiary/aromatic N) is 1. The van der Waals surface area contributed by atoms with Crippen LogP contribution in [0.15, 0.2) is 42.5 Å². The van der Waals surface area contributed by atoms with Crippen molar-refractivity contribution in [2.24, 2.45) is 0 Å². The summed E-state index contributed by atoms with van der Waals surface area (Å²) < 4.78 is 10.3. The minimum Gasteiger partial charge on any atom is -0.496 e. The van der Waals surface area contributed by atoms with E-state index in [1.54, 1.807) is 18.2 Å². The van der Waals surface area contributed by atoms with Crippen LogP contribution in [0.3, 0.4) is 0 Å². The van der Waals surface area contributed by atoms with Crippen LogP contribution in [0.2, 0.25) is 0 Å². The predicted molar refractivity (Wildman–Crippen MR) is 103 cm³/mol. The standard InChI is InChI=1S/C17H16N4O6S/c1-26-12-4-3-5-13(27-2)14(12)16(23)18-17(28)20-19-15(22)10-6-8-11(9-7-10)21(24)25/h3-9H,1-2H3,(H,19,22)(H2,18,20,23,28). The van der Waals surface area contributed by atoms with Gasteiger partial charge in [-0.25, -0.2) is 0 Å². The third kappa shape index (κ3) is 4.92. The van der Waals surface area contributed by atoms with Gasteiger partial charge in [-0.1, -0.05) is 6.07 Å². The number of rotatable bonds is 5. The van der Waals surface area contributed by atoms with Gasteiger partial charge in [0.05, 0.1) is 19.1 Å². The molecule has 0 bridgehead atoms. The van der Waals surface area contributed by atoms with Gasteiger partial charge in [-0.3, -0.25) is 35.9 Å². The lowest BCUT2D eigenvalue weighted by Crippen LogP contribution is -2.48. The molecule has 2 amide bonds. The van der Waals surface area contributed by atoms with Gasteiger partial charge in [-0.2, -0.15) is 0 Å². The monoisotopic (exact) mass is 404 g/mol. The minimum absolute atomic E-state index is 0.137. The third-order valence-electron chi connectivity index (χ3n) is 3.51. The molecule has 28 heavy (non-hydrogen) atoms. The zero-order valence-electron chi connectivity index (χ0n) is 14.8. The average Bonchev–Trinajstić information content (AvgIpc) is 2.71. The quantitative estimate of drug-likeness (QED) is 0.389. The number of nitrogens with one attached hydrogen (secondary N) is 3. The Kier molecular flexibility index (Phi) is 6.82. The van der Waals surface area contributed by atoms with Crippen LogP contribution in [-0.4, -0.2) is 36.1 Å². The molecule has 2 aromatic carbocycles. The number of carbonyl (C=O) groups excluding carboxylic acids is 2. The molecule has 10 nitrogen and oxygen atoms in total. The number of ether oxygens (including phenoxy) is 2. The Balaban J connectivity index is 1.98. The first-order valence-electron chi connectivity index (χ1n) is 7.74. The lowest BCUT2D eigenvalue weighted by molar-refractivity contribution is -0.384. The Bertz CT molecular complexity index is 894. The molecule has 146 valence electrons. The molecule has 3 N–H and O–H groups in total. The van der Waals surface area contributed by atoms with Crippen LogP contribution in [0.5, 0.6) is 11.5 Å². The van der Waals surface area contributed by atoms with Crippen LogP contribution in [0.4, 0.5) is 5.69 Å². The number of benzene rings is 2. The van der Waals surface area contributed by atoms with Crippen molar-refractivity contribution < 1.29 is 24.0 Å². The van der Waals surface area contributed by atoms with Crippen LogP contribution in [0.1, 0.15) is 20.7 Å². The molecule has 0 radical (unpaired) electrons. The molecular weight excluding hydrogens is 388 g/mol. The van der Waals surface area contributed by atoms with E-state index in [1.165, 1.54) is 38.5 Å². The molecule has 0 saturated heterocycles. The van der Waals surface area contributed by atoms with Crippen molar-refractivity contribution in [3.8, 4) is 11.5 Å². The van der Waals surface area contributed by atoms with Crippen molar-refractivity contribution >= 4 is 34.8 Å². The first kappa shape index (κ1) is 20.6. The lowest BCUT2D eigenvalue weighted by atomic mass is 10.1. The summed E-state index contributed by atoms with van der Waals surface area (Å²) in [5, 5.41) is 12.8. The Morgan fingerprint density at radius 1 is 0.964 bits per heavy atom. The maximum atomic E-state index is 12.5. The molecule has 0 spiro atoms. The lowest BCUT2D eigenvalue weighted by Gasteiger charge is -2.14. The Morgan fingerprint density at radius 3 is 2.04 bits per heavy atom. The van der Waals surface area contributed by atoms with Crippen molar-refractivity contribution in [2.75, 3.05) is 14.2 Å². The van der Waals surface area contributed by atoms with Gasteiger partial charge in [0.15, 0.2) is 5.11 Å². The molecule has 0 atom stereocenters. The van der Waals surface area contributed by atoms with Crippen LogP contribution >= 0.6 is 12.2 Å². The van der Waals surface area contributed by atoms with E-state index in [1.807, 2.05) is 0 Å². The van der Waals surface area contributed by atoms with Crippen LogP contribution in [0, 0.1) is 10.1 Å². The summed E-state index contributed by atoms with van der Waals surface area (Å²) in [6.07, 6.45) is 0. The van der Waals surface area contributed by atoms with Crippen molar-refractivity contribution in [2.45, 2.75) is 0 Å². The normalized spacial score (nSPS) is 9.79. The molecule has 0 aromatic heterocycles. The second-order valence-electron chi connectivity index (χ2n) is 5.20. The van der Waals surface area contributed by atoms with Crippen molar-refractivity contribution in [1.29, 1.82) is 0 Å². The van der Waals surface area contributed by atoms with E-state index < -0.39 is 16.7 Å². The van der Waals surface area contributed by atoms with E-state index in [0.717, 1.165) is 0 Å². The number of thiocarbonyl (C=S) groups is 1. The zero-order valence-corrected chi connectivity index (χ0v) is 15.7. The summed E-state index contributed by atoms with van der Waals surface area (Å²) >= 11 is 4.98. The third-order valence-corrected chi connectivity index (χ3v) is 3.72. The topological polar surface area (TPSA) is 132 Å². The molecule has 11 heteroatoms. The number of methoxy groups -OCH3 is 2. The molecular formula is C17H16N4O6S. The molecule has 0 saturated carbocycles. The number of hydrogen-bond donors (Lipinski definition) is 3. The number of hydrogen-bond acceptors (Lipinski definition) is 7. The maximum Gasteiger partial charge on any atom is 0.269 e. The second-order valence-corrected chi connectivity index (χ2v) is 5.61. The summed E-state index contributed by atoms with van der Waals surface area (Å²) in [4.78, 5) is 34.5. The van der Waals surface area contributed by atoms with E-state index in [2.05, 4.69) is 16.2 Å². The Hall–Kier alpha value is -3.73. The van der Waals surface area contributed by atoms with Gasteiger partial charge in [0.1, 0.15) is 17.1 Å². The molecule has 0 aliphatic carbocycles. The zero-order chi connectivity index (χ0) is 20.7. The number of nitro groups is 1. The summed E-state index contributed by atoms with van der Waals surface area (Å²) in [6.45, 7) is 0. The fourth-order valence-electron chi connectivity index (χ4n) is 2.19. The fourth-order valence-corrected chi connectivity index (χ4v) is 2.34. The molecule has 0 aliphatic rings. The van der Waals surface area contributed by atoms with Gasteiger partial charge < -0.3 is 9.47 Å². The minimum atomic E-state index is -0.601. The summed E-state index contributed by atoms with van der Waals surface area (Å²) in [7, 11) is 2.82. The van der Waals surface area contributed by atoms with E-state index in [-0.39, 0.29) is 33.4 Å². The Morgan fingerprint density at radius 2 is 1.54 bits per heavy atom. The van der Waals surface area contributed by atoms with E-state index in [4.69, 9.17) is 21.7 Å². The molecule has 2 rings (SSSR count). The molecule has 0 aliphatic heterocycles. The first-order chi connectivity index (χ1) is 13.4. The van der Waals surface area contributed by atoms with Gasteiger partial charge >= 0.3 is 0 Å². The van der Waals surface area contributed by atoms with Gasteiger partial charge in [0, 0.05) is 17.7 Å². The first-order valence-corrected chi connectivity index (χ1v) is 8.15. The average molecular weight is 404 g/mol. The van der Waals surface area contributed by atoms with Crippen molar-refractivity contribution in [1.82, 2.24) is 16.2 Å². The Labute approximate surface area is 164 Å². The molecule has 2 aromatic rings. The highest BCUT2D eigenvalue weighted by atomic mass is 32.1. The number of carbonyl (C=O) groups is 2. The number of amides is 2. The van der Waals surface area contributed by atoms with Gasteiger partial charge in [-0.05, 0) is 36.5 Å². The summed E-state index contributed by atoms with van der Waals surface area (Å²) in [5.41, 5.74) is 4.82. The van der Waals surface area contributed by atoms with Crippen molar-refractivity contribution in [3.63, 3.8) is 0 Å². The summed E-state index contributed by atoms with van der Waals surface area (Å²) in [5.74, 6) is -0.623. The molecule has 0 heterocycles. The van der Waals surface area contributed by atoms with Crippen LogP contribution in [0.25, 0.3) is 0 Å². The van der Waals surface area contributed by atoms with Crippen molar-refractivity contribution in [3.05, 3.63) is 63.7 Å². The SMILES string of the molecule is COc1cccc(OC)c1C(=O)NC(=S)NNC(=O)c1ccc([N+](=O)[O-])cc1. The second kappa shape index (κ2) is 9.28. The van der Waals surface area contributed by atoms with E-state index in [0.29, 0.717) is 0 Å². The largest absolute Gasteiger partial charge is 0.496 e. The van der Waals surface area contributed by atoms with Gasteiger partial charge in [0.2, 0.25) is 0 Å². The highest BCUT2D eigenvalue weighted by molar-refractivity contribution is 7.80. The van der Waals surface area contributed by atoms with Crippen LogP contribution in [-0.2, 0) is 0 Å². The maximum absolute atomic E-state index is 12.5. The molecule has 0 fully saturated rings.